The fraction of sp³-hybridized carbons (Fsp3) is 0.444. The zero-order valence-electron chi connectivity index (χ0n) is 12.6. The second-order valence-corrected chi connectivity index (χ2v) is 7.81. The quantitative estimate of drug-likeness (QED) is 0.655. The highest BCUT2D eigenvalue weighted by Gasteiger charge is 2.31. The van der Waals surface area contributed by atoms with E-state index in [2.05, 4.69) is 77.1 Å². The Morgan fingerprint density at radius 2 is 1.58 bits per heavy atom. The molecule has 2 atom stereocenters. The molecule has 0 aliphatic carbocycles. The van der Waals surface area contributed by atoms with Crippen LogP contribution in [-0.4, -0.2) is 0 Å². The van der Waals surface area contributed by atoms with Crippen LogP contribution in [0.5, 0.6) is 0 Å². The summed E-state index contributed by atoms with van der Waals surface area (Å²) < 4.78 is 0. The van der Waals surface area contributed by atoms with Crippen molar-refractivity contribution in [3.8, 4) is 0 Å². The third-order valence-electron chi connectivity index (χ3n) is 4.09. The van der Waals surface area contributed by atoms with E-state index < -0.39 is 0 Å². The van der Waals surface area contributed by atoms with Gasteiger partial charge in [-0.3, -0.25) is 0 Å². The second kappa shape index (κ2) is 5.50. The van der Waals surface area contributed by atoms with Gasteiger partial charge >= 0.3 is 0 Å². The van der Waals surface area contributed by atoms with Gasteiger partial charge in [0.1, 0.15) is 0 Å². The molecule has 1 heterocycles. The Bertz CT molecular complexity index is 516. The van der Waals surface area contributed by atoms with Gasteiger partial charge in [0.2, 0.25) is 0 Å². The van der Waals surface area contributed by atoms with Crippen molar-refractivity contribution in [3.05, 3.63) is 57.8 Å². The Kier molecular flexibility index (Phi) is 4.15. The van der Waals surface area contributed by atoms with Gasteiger partial charge in [-0.05, 0) is 36.0 Å². The van der Waals surface area contributed by atoms with Crippen molar-refractivity contribution >= 4 is 11.3 Å². The first kappa shape index (κ1) is 14.3. The van der Waals surface area contributed by atoms with Crippen LogP contribution in [0.3, 0.4) is 0 Å². The van der Waals surface area contributed by atoms with Gasteiger partial charge in [-0.25, -0.2) is 0 Å². The molecule has 0 aliphatic rings. The summed E-state index contributed by atoms with van der Waals surface area (Å²) in [4.78, 5) is 2.89. The largest absolute Gasteiger partial charge is 0.145 e. The van der Waals surface area contributed by atoms with Crippen molar-refractivity contribution in [2.24, 2.45) is 11.3 Å². The average Bonchev–Trinajstić information content (AvgIpc) is 2.76. The van der Waals surface area contributed by atoms with Gasteiger partial charge in [0, 0.05) is 15.7 Å². The predicted octanol–water partition coefficient (Wildman–Crippen LogP) is 5.87. The Hall–Kier alpha value is -1.08. The molecule has 0 aliphatic heterocycles. The Balaban J connectivity index is 2.45. The first-order valence-corrected chi connectivity index (χ1v) is 7.82. The zero-order chi connectivity index (χ0) is 14.0. The predicted molar refractivity (Wildman–Crippen MR) is 86.0 cm³/mol. The van der Waals surface area contributed by atoms with Crippen LogP contribution in [0.4, 0.5) is 0 Å². The van der Waals surface area contributed by atoms with Crippen LogP contribution in [0.1, 0.15) is 48.9 Å². The molecular weight excluding hydrogens is 248 g/mol. The van der Waals surface area contributed by atoms with Crippen molar-refractivity contribution in [1.82, 2.24) is 0 Å². The van der Waals surface area contributed by atoms with Crippen LogP contribution in [0.15, 0.2) is 42.5 Å². The van der Waals surface area contributed by atoms with E-state index in [4.69, 9.17) is 0 Å². The highest BCUT2D eigenvalue weighted by molar-refractivity contribution is 7.12. The molecule has 0 radical (unpaired) electrons. The summed E-state index contributed by atoms with van der Waals surface area (Å²) in [5.74, 6) is 1.10. The molecule has 2 rings (SSSR count). The van der Waals surface area contributed by atoms with Gasteiger partial charge in [0.05, 0.1) is 0 Å². The van der Waals surface area contributed by atoms with Crippen molar-refractivity contribution in [3.63, 3.8) is 0 Å². The third-order valence-corrected chi connectivity index (χ3v) is 5.18. The number of benzene rings is 1. The monoisotopic (exact) mass is 272 g/mol. The molecule has 0 bridgehead atoms. The molecule has 0 N–H and O–H groups in total. The lowest BCUT2D eigenvalue weighted by Crippen LogP contribution is -2.24. The van der Waals surface area contributed by atoms with Crippen LogP contribution in [0, 0.1) is 18.3 Å². The van der Waals surface area contributed by atoms with Crippen LogP contribution in [-0.2, 0) is 0 Å². The van der Waals surface area contributed by atoms with Crippen LogP contribution in [0.2, 0.25) is 0 Å². The molecule has 0 amide bonds. The molecule has 1 heteroatoms. The van der Waals surface area contributed by atoms with Crippen LogP contribution < -0.4 is 0 Å². The third kappa shape index (κ3) is 3.27. The van der Waals surface area contributed by atoms with Gasteiger partial charge in [-0.15, -0.1) is 11.3 Å². The van der Waals surface area contributed by atoms with Gasteiger partial charge in [0.25, 0.3) is 0 Å². The molecule has 0 spiro atoms. The summed E-state index contributed by atoms with van der Waals surface area (Å²) in [6.45, 7) is 11.6. The van der Waals surface area contributed by atoms with Crippen molar-refractivity contribution < 1.29 is 0 Å². The average molecular weight is 272 g/mol. The molecular formula is C18H24S. The normalized spacial score (nSPS) is 15.2. The fourth-order valence-electron chi connectivity index (χ4n) is 2.48. The van der Waals surface area contributed by atoms with Crippen molar-refractivity contribution in [1.29, 1.82) is 0 Å². The minimum absolute atomic E-state index is 0.304. The molecule has 19 heavy (non-hydrogen) atoms. The lowest BCUT2D eigenvalue weighted by Gasteiger charge is -2.34. The molecule has 0 nitrogen and oxygen atoms in total. The summed E-state index contributed by atoms with van der Waals surface area (Å²) in [6.07, 6.45) is 0. The molecule has 1 aromatic heterocycles. The van der Waals surface area contributed by atoms with Crippen LogP contribution >= 0.6 is 11.3 Å². The minimum atomic E-state index is 0.304. The van der Waals surface area contributed by atoms with Gasteiger partial charge in [-0.2, -0.15) is 0 Å². The van der Waals surface area contributed by atoms with E-state index in [1.54, 1.807) is 0 Å². The van der Waals surface area contributed by atoms with Crippen molar-refractivity contribution in [2.45, 2.75) is 40.5 Å². The lowest BCUT2D eigenvalue weighted by atomic mass is 9.71. The summed E-state index contributed by atoms with van der Waals surface area (Å²) in [5, 5.41) is 0. The molecule has 102 valence electrons. The smallest absolute Gasteiger partial charge is 0.0214 e. The second-order valence-electron chi connectivity index (χ2n) is 6.49. The zero-order valence-corrected chi connectivity index (χ0v) is 13.4. The van der Waals surface area contributed by atoms with E-state index in [1.165, 1.54) is 15.3 Å². The van der Waals surface area contributed by atoms with Gasteiger partial charge in [-0.1, -0.05) is 58.0 Å². The highest BCUT2D eigenvalue weighted by atomic mass is 32.1. The summed E-state index contributed by atoms with van der Waals surface area (Å²) in [6, 6.07) is 15.5. The number of aryl methyl sites for hydroxylation is 1. The fourth-order valence-corrected chi connectivity index (χ4v) is 3.59. The first-order chi connectivity index (χ1) is 8.89. The highest BCUT2D eigenvalue weighted by Crippen LogP contribution is 2.43. The molecule has 0 unspecified atom stereocenters. The van der Waals surface area contributed by atoms with E-state index in [0.717, 1.165) is 0 Å². The maximum atomic E-state index is 2.38. The SMILES string of the molecule is Cc1ccc([C@@H](c2ccccc2)[C@@H](C)C(C)(C)C)s1. The van der Waals surface area contributed by atoms with Crippen molar-refractivity contribution in [2.75, 3.05) is 0 Å². The molecule has 0 saturated carbocycles. The summed E-state index contributed by atoms with van der Waals surface area (Å²) in [7, 11) is 0. The maximum Gasteiger partial charge on any atom is 0.0214 e. The van der Waals surface area contributed by atoms with Gasteiger partial charge < -0.3 is 0 Å². The standard InChI is InChI=1S/C18H24S/c1-13-11-12-16(19-13)17(14(2)18(3,4)5)15-9-7-6-8-10-15/h6-12,14,17H,1-5H3/t14-,17-/m1/s1. The maximum absolute atomic E-state index is 2.38. The minimum Gasteiger partial charge on any atom is -0.145 e. The molecule has 2 aromatic rings. The molecule has 1 aromatic carbocycles. The van der Waals surface area contributed by atoms with E-state index >= 15 is 0 Å². The van der Waals surface area contributed by atoms with E-state index in [-0.39, 0.29) is 0 Å². The van der Waals surface area contributed by atoms with E-state index in [1.807, 2.05) is 11.3 Å². The van der Waals surface area contributed by atoms with E-state index in [9.17, 15) is 0 Å². The topological polar surface area (TPSA) is 0 Å². The van der Waals surface area contributed by atoms with Crippen LogP contribution in [0.25, 0.3) is 0 Å². The number of hydrogen-bond acceptors (Lipinski definition) is 1. The summed E-state index contributed by atoms with van der Waals surface area (Å²) in [5.41, 5.74) is 1.74. The Morgan fingerprint density at radius 1 is 0.947 bits per heavy atom. The number of hydrogen-bond donors (Lipinski definition) is 0. The Labute approximate surface area is 121 Å². The molecule has 0 fully saturated rings. The van der Waals surface area contributed by atoms with E-state index in [0.29, 0.717) is 17.3 Å². The number of thiophene rings is 1. The summed E-state index contributed by atoms with van der Waals surface area (Å²) >= 11 is 1.94. The van der Waals surface area contributed by atoms with Gasteiger partial charge in [0.15, 0.2) is 0 Å². The molecule has 0 saturated heterocycles. The lowest BCUT2D eigenvalue weighted by molar-refractivity contribution is 0.239. The Morgan fingerprint density at radius 3 is 2.05 bits per heavy atom. The number of rotatable bonds is 3. The first-order valence-electron chi connectivity index (χ1n) is 7.01.